The molecule has 1 unspecified atom stereocenters. The van der Waals surface area contributed by atoms with Crippen LogP contribution in [0.15, 0.2) is 66.9 Å². The highest BCUT2D eigenvalue weighted by atomic mass is 19.4. The number of alkyl halides is 3. The van der Waals surface area contributed by atoms with Crippen molar-refractivity contribution in [1.29, 1.82) is 0 Å². The number of hydrogen-bond donors (Lipinski definition) is 1. The molecule has 0 fully saturated rings. The van der Waals surface area contributed by atoms with E-state index in [1.165, 1.54) is 12.1 Å². The topological polar surface area (TPSA) is 45.2 Å². The molecular formula is C25H25F4N3O. The highest BCUT2D eigenvalue weighted by Crippen LogP contribution is 2.30. The second kappa shape index (κ2) is 10.5. The molecule has 0 saturated carbocycles. The lowest BCUT2D eigenvalue weighted by Crippen LogP contribution is -2.40. The van der Waals surface area contributed by atoms with E-state index in [9.17, 15) is 22.4 Å². The van der Waals surface area contributed by atoms with E-state index >= 15 is 0 Å². The van der Waals surface area contributed by atoms with Gasteiger partial charge in [0.15, 0.2) is 0 Å². The van der Waals surface area contributed by atoms with E-state index in [4.69, 9.17) is 0 Å². The number of carbonyl (C=O) groups excluding carboxylic acids is 1. The van der Waals surface area contributed by atoms with E-state index < -0.39 is 17.8 Å². The minimum absolute atomic E-state index is 0.226. The number of benzene rings is 2. The normalized spacial score (nSPS) is 12.3. The quantitative estimate of drug-likeness (QED) is 0.454. The fourth-order valence-electron chi connectivity index (χ4n) is 3.63. The van der Waals surface area contributed by atoms with Crippen molar-refractivity contribution in [3.63, 3.8) is 0 Å². The number of aromatic nitrogens is 1. The number of likely N-dealkylation sites (N-methyl/N-ethyl adjacent to an activating group) is 1. The van der Waals surface area contributed by atoms with Gasteiger partial charge in [0.25, 0.3) is 0 Å². The Labute approximate surface area is 190 Å². The highest BCUT2D eigenvalue weighted by molar-refractivity contribution is 5.86. The monoisotopic (exact) mass is 459 g/mol. The fourth-order valence-corrected chi connectivity index (χ4v) is 3.63. The van der Waals surface area contributed by atoms with Crippen molar-refractivity contribution < 1.29 is 22.4 Å². The Morgan fingerprint density at radius 2 is 1.82 bits per heavy atom. The Bertz CT molecular complexity index is 1070. The molecule has 0 bridgehead atoms. The van der Waals surface area contributed by atoms with Gasteiger partial charge in [0.2, 0.25) is 5.91 Å². The van der Waals surface area contributed by atoms with Crippen molar-refractivity contribution in [1.82, 2.24) is 10.3 Å². The molecule has 1 atom stereocenters. The van der Waals surface area contributed by atoms with Gasteiger partial charge in [-0.2, -0.15) is 13.2 Å². The van der Waals surface area contributed by atoms with Crippen LogP contribution in [-0.2, 0) is 17.4 Å². The van der Waals surface area contributed by atoms with Crippen LogP contribution in [0.2, 0.25) is 0 Å². The van der Waals surface area contributed by atoms with Crippen LogP contribution in [0, 0.1) is 12.7 Å². The molecule has 1 N–H and O–H groups in total. The predicted molar refractivity (Wildman–Crippen MR) is 119 cm³/mol. The number of carbonyl (C=O) groups is 1. The molecule has 0 saturated heterocycles. The fraction of sp³-hybridized carbons (Fsp3) is 0.280. The predicted octanol–water partition coefficient (Wildman–Crippen LogP) is 5.47. The molecule has 0 radical (unpaired) electrons. The Hall–Kier alpha value is -3.42. The molecule has 1 aromatic heterocycles. The third-order valence-corrected chi connectivity index (χ3v) is 5.38. The summed E-state index contributed by atoms with van der Waals surface area (Å²) in [5.41, 5.74) is 1.62. The minimum atomic E-state index is -4.43. The number of rotatable bonds is 8. The molecule has 0 aliphatic carbocycles. The molecule has 8 heteroatoms. The average molecular weight is 459 g/mol. The molecule has 4 nitrogen and oxygen atoms in total. The second-order valence-corrected chi connectivity index (χ2v) is 7.69. The van der Waals surface area contributed by atoms with Gasteiger partial charge in [-0.3, -0.25) is 9.78 Å². The molecule has 1 heterocycles. The van der Waals surface area contributed by atoms with Crippen LogP contribution in [0.25, 0.3) is 0 Å². The van der Waals surface area contributed by atoms with Crippen molar-refractivity contribution in [3.05, 3.63) is 95.1 Å². The number of anilines is 1. The van der Waals surface area contributed by atoms with Gasteiger partial charge in [-0.25, -0.2) is 4.39 Å². The van der Waals surface area contributed by atoms with E-state index in [-0.39, 0.29) is 11.7 Å². The summed E-state index contributed by atoms with van der Waals surface area (Å²) < 4.78 is 52.2. The van der Waals surface area contributed by atoms with Gasteiger partial charge in [0, 0.05) is 31.2 Å². The summed E-state index contributed by atoms with van der Waals surface area (Å²) in [4.78, 5) is 18.7. The maximum atomic E-state index is 13.9. The molecule has 174 valence electrons. The van der Waals surface area contributed by atoms with Gasteiger partial charge in [0.1, 0.15) is 11.9 Å². The Balaban J connectivity index is 1.87. The van der Waals surface area contributed by atoms with E-state index in [1.54, 1.807) is 26.1 Å². The van der Waals surface area contributed by atoms with Crippen molar-refractivity contribution in [2.24, 2.45) is 0 Å². The van der Waals surface area contributed by atoms with Crippen LogP contribution < -0.4 is 10.2 Å². The molecule has 0 spiro atoms. The first kappa shape index (κ1) is 24.2. The summed E-state index contributed by atoms with van der Waals surface area (Å²) in [6.07, 6.45) is -2.66. The van der Waals surface area contributed by atoms with Crippen LogP contribution in [0.3, 0.4) is 0 Å². The second-order valence-electron chi connectivity index (χ2n) is 7.69. The van der Waals surface area contributed by atoms with E-state index in [0.717, 1.165) is 17.8 Å². The van der Waals surface area contributed by atoms with Gasteiger partial charge in [0.05, 0.1) is 5.56 Å². The zero-order valence-electron chi connectivity index (χ0n) is 18.4. The van der Waals surface area contributed by atoms with Gasteiger partial charge < -0.3 is 10.2 Å². The maximum absolute atomic E-state index is 13.9. The number of nitrogens with zero attached hydrogens (tertiary/aromatic N) is 2. The Morgan fingerprint density at radius 1 is 1.09 bits per heavy atom. The lowest BCUT2D eigenvalue weighted by molar-refractivity contribution is -0.137. The summed E-state index contributed by atoms with van der Waals surface area (Å²) >= 11 is 0. The SMILES string of the molecule is CNC(=O)C(c1ccccc1)N(CCCc1ccc(C(F)(F)F)cn1)c1ccc(F)c(C)c1. The lowest BCUT2D eigenvalue weighted by atomic mass is 10.0. The molecule has 3 rings (SSSR count). The van der Waals surface area contributed by atoms with Crippen molar-refractivity contribution >= 4 is 11.6 Å². The molecule has 1 amide bonds. The van der Waals surface area contributed by atoms with Crippen LogP contribution in [0.5, 0.6) is 0 Å². The number of nitrogens with one attached hydrogen (secondary N) is 1. The van der Waals surface area contributed by atoms with E-state index in [1.807, 2.05) is 35.2 Å². The third-order valence-electron chi connectivity index (χ3n) is 5.38. The van der Waals surface area contributed by atoms with Crippen LogP contribution in [-0.4, -0.2) is 24.5 Å². The van der Waals surface area contributed by atoms with E-state index in [0.29, 0.717) is 36.3 Å². The number of amides is 1. The number of hydrogen-bond acceptors (Lipinski definition) is 3. The molecule has 0 aliphatic rings. The molecule has 3 aromatic rings. The number of halogens is 4. The van der Waals surface area contributed by atoms with Gasteiger partial charge in [-0.1, -0.05) is 30.3 Å². The Kier molecular flexibility index (Phi) is 7.68. The smallest absolute Gasteiger partial charge is 0.357 e. The summed E-state index contributed by atoms with van der Waals surface area (Å²) in [7, 11) is 1.55. The first-order chi connectivity index (χ1) is 15.7. The highest BCUT2D eigenvalue weighted by Gasteiger charge is 2.31. The number of pyridine rings is 1. The Morgan fingerprint density at radius 3 is 2.39 bits per heavy atom. The molecular weight excluding hydrogens is 434 g/mol. The average Bonchev–Trinajstić information content (AvgIpc) is 2.80. The number of aryl methyl sites for hydroxylation is 2. The van der Waals surface area contributed by atoms with Crippen LogP contribution >= 0.6 is 0 Å². The maximum Gasteiger partial charge on any atom is 0.417 e. The first-order valence-electron chi connectivity index (χ1n) is 10.5. The van der Waals surface area contributed by atoms with Crippen molar-refractivity contribution in [2.45, 2.75) is 32.0 Å². The lowest BCUT2D eigenvalue weighted by Gasteiger charge is -2.33. The van der Waals surface area contributed by atoms with Gasteiger partial charge in [-0.15, -0.1) is 0 Å². The van der Waals surface area contributed by atoms with Gasteiger partial charge >= 0.3 is 6.18 Å². The van der Waals surface area contributed by atoms with Crippen molar-refractivity contribution in [2.75, 3.05) is 18.5 Å². The van der Waals surface area contributed by atoms with Crippen LogP contribution in [0.1, 0.15) is 34.8 Å². The van der Waals surface area contributed by atoms with Crippen LogP contribution in [0.4, 0.5) is 23.2 Å². The minimum Gasteiger partial charge on any atom is -0.357 e. The largest absolute Gasteiger partial charge is 0.417 e. The summed E-state index contributed by atoms with van der Waals surface area (Å²) in [6.45, 7) is 2.06. The molecule has 33 heavy (non-hydrogen) atoms. The van der Waals surface area contributed by atoms with E-state index in [2.05, 4.69) is 10.3 Å². The standard InChI is InChI=1S/C25H25F4N3O/c1-17-15-21(12-13-22(17)26)32(23(24(33)30-2)18-7-4-3-5-8-18)14-6-9-20-11-10-19(16-31-20)25(27,28)29/h3-5,7-8,10-13,15-16,23H,6,9,14H2,1-2H3,(H,30,33). The van der Waals surface area contributed by atoms with Gasteiger partial charge in [-0.05, 0) is 61.2 Å². The first-order valence-corrected chi connectivity index (χ1v) is 10.5. The third kappa shape index (κ3) is 6.09. The van der Waals surface area contributed by atoms with Crippen molar-refractivity contribution in [3.8, 4) is 0 Å². The zero-order chi connectivity index (χ0) is 24.0. The molecule has 0 aliphatic heterocycles. The summed E-state index contributed by atoms with van der Waals surface area (Å²) in [5, 5.41) is 2.69. The zero-order valence-corrected chi connectivity index (χ0v) is 18.4. The summed E-state index contributed by atoms with van der Waals surface area (Å²) in [5.74, 6) is -0.570. The summed E-state index contributed by atoms with van der Waals surface area (Å²) in [6, 6.07) is 15.6. The molecule has 2 aromatic carbocycles.